The Kier molecular flexibility index (Phi) is 16.7. The fourth-order valence-corrected chi connectivity index (χ4v) is 8.47. The van der Waals surface area contributed by atoms with Crippen LogP contribution in [0.5, 0.6) is 0 Å². The third kappa shape index (κ3) is 10.4. The van der Waals surface area contributed by atoms with E-state index in [2.05, 4.69) is 24.1 Å². The van der Waals surface area contributed by atoms with E-state index in [4.69, 9.17) is 15.2 Å². The highest BCUT2D eigenvalue weighted by Gasteiger charge is 2.45. The number of nitrogens with one attached hydrogen (secondary N) is 1. The standard InChI is InChI=1S/C41H69N5O6/c1-11-28(4)37(45(8)40(50)32(27(2)3)24-35(47)41(6)20-16-21-44(41)7)34(51-9)25-36(48)46-22-15-19-33(46)38(52-10)29(5)39(49)43-31(26-42)23-30-17-13-12-14-18-30/h12-14,17-18,27-29,31-34,37-38H,11,15-16,19-26,42H2,1-10H3,(H,43,49)/t28-,29+,31-,32-,33-,34+,37-,38+,41-/m0/s1. The number of ketones is 1. The molecule has 0 aromatic heterocycles. The van der Waals surface area contributed by atoms with E-state index in [1.807, 2.05) is 70.0 Å². The van der Waals surface area contributed by atoms with E-state index < -0.39 is 29.6 Å². The predicted molar refractivity (Wildman–Crippen MR) is 205 cm³/mol. The van der Waals surface area contributed by atoms with Crippen molar-refractivity contribution < 1.29 is 28.7 Å². The molecule has 0 radical (unpaired) electrons. The van der Waals surface area contributed by atoms with Crippen molar-refractivity contribution in [1.82, 2.24) is 20.0 Å². The number of likely N-dealkylation sites (N-methyl/N-ethyl adjacent to an activating group) is 2. The lowest BCUT2D eigenvalue weighted by Crippen LogP contribution is -2.55. The lowest BCUT2D eigenvalue weighted by Gasteiger charge is -2.41. The number of methoxy groups -OCH3 is 2. The van der Waals surface area contributed by atoms with E-state index in [-0.39, 0.29) is 66.3 Å². The normalized spacial score (nSPS) is 23.5. The van der Waals surface area contributed by atoms with E-state index in [0.29, 0.717) is 19.5 Å². The van der Waals surface area contributed by atoms with Crippen LogP contribution in [0.15, 0.2) is 30.3 Å². The molecule has 2 fully saturated rings. The molecular weight excluding hydrogens is 658 g/mol. The van der Waals surface area contributed by atoms with Crippen LogP contribution in [-0.2, 0) is 35.1 Å². The first-order valence-corrected chi connectivity index (χ1v) is 19.6. The number of hydrogen-bond acceptors (Lipinski definition) is 8. The van der Waals surface area contributed by atoms with Gasteiger partial charge in [-0.3, -0.25) is 24.1 Å². The fourth-order valence-electron chi connectivity index (χ4n) is 8.47. The predicted octanol–water partition coefficient (Wildman–Crippen LogP) is 4.31. The lowest BCUT2D eigenvalue weighted by molar-refractivity contribution is -0.149. The first kappa shape index (κ1) is 43.5. The first-order chi connectivity index (χ1) is 24.6. The number of likely N-dealkylation sites (tertiary alicyclic amines) is 2. The van der Waals surface area contributed by atoms with Gasteiger partial charge in [0.15, 0.2) is 5.78 Å². The average molecular weight is 728 g/mol. The molecule has 11 nitrogen and oxygen atoms in total. The number of Topliss-reactive ketones (excluding diaryl/α,β-unsaturated/α-hetero) is 1. The molecule has 1 aromatic carbocycles. The molecule has 2 aliphatic rings. The van der Waals surface area contributed by atoms with Crippen LogP contribution in [0.1, 0.15) is 92.1 Å². The molecule has 2 aliphatic heterocycles. The van der Waals surface area contributed by atoms with Crippen molar-refractivity contribution in [3.05, 3.63) is 35.9 Å². The third-order valence-corrected chi connectivity index (χ3v) is 12.3. The summed E-state index contributed by atoms with van der Waals surface area (Å²) in [6.45, 7) is 13.7. The number of carbonyl (C=O) groups is 4. The lowest BCUT2D eigenvalue weighted by atomic mass is 9.81. The van der Waals surface area contributed by atoms with Crippen LogP contribution in [0, 0.1) is 23.7 Å². The maximum Gasteiger partial charge on any atom is 0.226 e. The Hall–Kier alpha value is -2.86. The number of ether oxygens (including phenoxy) is 2. The van der Waals surface area contributed by atoms with E-state index >= 15 is 0 Å². The highest BCUT2D eigenvalue weighted by atomic mass is 16.5. The Morgan fingerprint density at radius 2 is 1.69 bits per heavy atom. The van der Waals surface area contributed by atoms with Gasteiger partial charge in [-0.2, -0.15) is 0 Å². The molecule has 3 amide bonds. The second kappa shape index (κ2) is 20.0. The van der Waals surface area contributed by atoms with Crippen LogP contribution < -0.4 is 11.1 Å². The summed E-state index contributed by atoms with van der Waals surface area (Å²) in [6.07, 6.45) is 3.88. The second-order valence-electron chi connectivity index (χ2n) is 16.0. The van der Waals surface area contributed by atoms with Gasteiger partial charge in [0.25, 0.3) is 0 Å². The average Bonchev–Trinajstić information content (AvgIpc) is 3.76. The van der Waals surface area contributed by atoms with E-state index in [1.165, 1.54) is 0 Å². The molecule has 0 bridgehead atoms. The van der Waals surface area contributed by atoms with Crippen molar-refractivity contribution in [2.24, 2.45) is 29.4 Å². The Bertz CT molecular complexity index is 1310. The maximum absolute atomic E-state index is 14.3. The molecule has 0 saturated carbocycles. The van der Waals surface area contributed by atoms with E-state index in [1.54, 1.807) is 26.2 Å². The van der Waals surface area contributed by atoms with Crippen molar-refractivity contribution in [1.29, 1.82) is 0 Å². The van der Waals surface area contributed by atoms with Gasteiger partial charge in [-0.05, 0) is 70.0 Å². The van der Waals surface area contributed by atoms with Crippen LogP contribution in [-0.4, -0.2) is 122 Å². The molecule has 0 spiro atoms. The molecular formula is C41H69N5O6. The summed E-state index contributed by atoms with van der Waals surface area (Å²) < 4.78 is 12.0. The summed E-state index contributed by atoms with van der Waals surface area (Å²) in [7, 11) is 6.98. The summed E-state index contributed by atoms with van der Waals surface area (Å²) in [5, 5.41) is 3.12. The molecule has 3 rings (SSSR count). The van der Waals surface area contributed by atoms with Crippen LogP contribution in [0.2, 0.25) is 0 Å². The minimum absolute atomic E-state index is 0.0323. The van der Waals surface area contributed by atoms with Crippen LogP contribution >= 0.6 is 0 Å². The van der Waals surface area contributed by atoms with Crippen LogP contribution in [0.3, 0.4) is 0 Å². The minimum Gasteiger partial charge on any atom is -0.379 e. The Labute approximate surface area is 313 Å². The molecule has 11 heteroatoms. The number of amides is 3. The largest absolute Gasteiger partial charge is 0.379 e. The number of hydrogen-bond donors (Lipinski definition) is 2. The third-order valence-electron chi connectivity index (χ3n) is 12.3. The number of benzene rings is 1. The molecule has 3 N–H and O–H groups in total. The minimum atomic E-state index is -0.565. The molecule has 2 heterocycles. The van der Waals surface area contributed by atoms with E-state index in [0.717, 1.165) is 44.2 Å². The van der Waals surface area contributed by atoms with Gasteiger partial charge in [0.2, 0.25) is 17.7 Å². The SMILES string of the molecule is CC[C@H](C)[C@@H]([C@@H](CC(=O)N1CCC[C@H]1[C@H](OC)[C@@H](C)C(=O)N[C@H](CN)Cc1ccccc1)OC)N(C)C(=O)[C@@H](CC(=O)[C@]1(C)CCCN1C)C(C)C. The number of carbonyl (C=O) groups excluding carboxylic acids is 4. The van der Waals surface area contributed by atoms with Crippen molar-refractivity contribution in [2.45, 2.75) is 129 Å². The number of nitrogens with zero attached hydrogens (tertiary/aromatic N) is 3. The molecule has 1 aromatic rings. The zero-order valence-corrected chi connectivity index (χ0v) is 33.7. The summed E-state index contributed by atoms with van der Waals surface area (Å²) in [4.78, 5) is 61.4. The van der Waals surface area contributed by atoms with Crippen molar-refractivity contribution in [2.75, 3.05) is 47.9 Å². The summed E-state index contributed by atoms with van der Waals surface area (Å²) in [5.74, 6) is -1.23. The molecule has 2 saturated heterocycles. The fraction of sp³-hybridized carbons (Fsp3) is 0.756. The van der Waals surface area contributed by atoms with Gasteiger partial charge in [-0.1, -0.05) is 71.4 Å². The topological polar surface area (TPSA) is 135 Å². The Balaban J connectivity index is 1.75. The number of rotatable bonds is 20. The zero-order chi connectivity index (χ0) is 38.7. The van der Waals surface area contributed by atoms with Crippen molar-refractivity contribution in [3.63, 3.8) is 0 Å². The Morgan fingerprint density at radius 1 is 1.02 bits per heavy atom. The molecule has 0 aliphatic carbocycles. The molecule has 9 atom stereocenters. The molecule has 0 unspecified atom stereocenters. The highest BCUT2D eigenvalue weighted by molar-refractivity contribution is 5.92. The van der Waals surface area contributed by atoms with Crippen molar-refractivity contribution in [3.8, 4) is 0 Å². The van der Waals surface area contributed by atoms with E-state index in [9.17, 15) is 19.2 Å². The monoisotopic (exact) mass is 728 g/mol. The van der Waals surface area contributed by atoms with Gasteiger partial charge in [-0.15, -0.1) is 0 Å². The summed E-state index contributed by atoms with van der Waals surface area (Å²) >= 11 is 0. The van der Waals surface area contributed by atoms with Crippen molar-refractivity contribution >= 4 is 23.5 Å². The van der Waals surface area contributed by atoms with Gasteiger partial charge < -0.3 is 30.3 Å². The van der Waals surface area contributed by atoms with Crippen LogP contribution in [0.4, 0.5) is 0 Å². The Morgan fingerprint density at radius 3 is 2.23 bits per heavy atom. The summed E-state index contributed by atoms with van der Waals surface area (Å²) in [5.41, 5.74) is 6.59. The van der Waals surface area contributed by atoms with Gasteiger partial charge >= 0.3 is 0 Å². The zero-order valence-electron chi connectivity index (χ0n) is 33.7. The maximum atomic E-state index is 14.3. The number of nitrogens with two attached hydrogens (primary N) is 1. The first-order valence-electron chi connectivity index (χ1n) is 19.6. The second-order valence-corrected chi connectivity index (χ2v) is 16.0. The smallest absolute Gasteiger partial charge is 0.226 e. The van der Waals surface area contributed by atoms with Gasteiger partial charge in [0.05, 0.1) is 42.2 Å². The molecule has 294 valence electrons. The van der Waals surface area contributed by atoms with Gasteiger partial charge in [-0.25, -0.2) is 0 Å². The molecule has 52 heavy (non-hydrogen) atoms. The van der Waals surface area contributed by atoms with Gasteiger partial charge in [0, 0.05) is 52.7 Å². The highest BCUT2D eigenvalue weighted by Crippen LogP contribution is 2.34. The van der Waals surface area contributed by atoms with Gasteiger partial charge in [0.1, 0.15) is 0 Å². The quantitative estimate of drug-likeness (QED) is 0.203. The summed E-state index contributed by atoms with van der Waals surface area (Å²) in [6, 6.07) is 9.04. The van der Waals surface area contributed by atoms with Crippen LogP contribution in [0.25, 0.3) is 0 Å².